The molecular formula is C25H27N3O5S. The predicted octanol–water partition coefficient (Wildman–Crippen LogP) is 3.06. The lowest BCUT2D eigenvalue weighted by Crippen LogP contribution is -2.32. The zero-order valence-electron chi connectivity index (χ0n) is 18.8. The third-order valence-electron chi connectivity index (χ3n) is 6.24. The van der Waals surface area contributed by atoms with Crippen molar-refractivity contribution < 1.29 is 22.7 Å². The van der Waals surface area contributed by atoms with Crippen LogP contribution in [-0.2, 0) is 27.6 Å². The number of nitrogens with zero attached hydrogens (tertiary/aromatic N) is 2. The third-order valence-corrected chi connectivity index (χ3v) is 7.96. The summed E-state index contributed by atoms with van der Waals surface area (Å²) in [6.45, 7) is 1.50. The number of benzene rings is 2. The third kappa shape index (κ3) is 4.79. The molecule has 2 aliphatic rings. The van der Waals surface area contributed by atoms with Crippen molar-refractivity contribution in [3.8, 4) is 11.5 Å². The van der Waals surface area contributed by atoms with E-state index < -0.39 is 9.84 Å². The number of ether oxygens (including phenoxy) is 2. The van der Waals surface area contributed by atoms with Gasteiger partial charge in [0.2, 0.25) is 5.91 Å². The molecule has 3 aromatic rings. The maximum absolute atomic E-state index is 12.8. The van der Waals surface area contributed by atoms with Crippen molar-refractivity contribution in [2.75, 3.05) is 19.0 Å². The van der Waals surface area contributed by atoms with E-state index in [0.717, 1.165) is 30.5 Å². The molecule has 1 N–H and O–H groups in total. The standard InChI is InChI=1S/C25H27N3O5S/c29-25(11-14-34(30,31)19-9-10-23-24(15-19)33-13-12-32-23)27-21-7-4-8-22-20(21)16-26-28(22)17-18-5-2-1-3-6-18/h1-3,5-6,9-10,15-16,21H,4,7-8,11-14,17H2,(H,27,29). The van der Waals surface area contributed by atoms with Crippen molar-refractivity contribution in [2.24, 2.45) is 0 Å². The van der Waals surface area contributed by atoms with Crippen LogP contribution in [-0.4, -0.2) is 43.1 Å². The number of aromatic nitrogens is 2. The van der Waals surface area contributed by atoms with Crippen LogP contribution in [0, 0.1) is 0 Å². The van der Waals surface area contributed by atoms with E-state index in [0.29, 0.717) is 31.3 Å². The van der Waals surface area contributed by atoms with Crippen LogP contribution < -0.4 is 14.8 Å². The molecule has 1 aliphatic heterocycles. The summed E-state index contributed by atoms with van der Waals surface area (Å²) in [4.78, 5) is 12.8. The quantitative estimate of drug-likeness (QED) is 0.557. The zero-order valence-corrected chi connectivity index (χ0v) is 19.6. The molecule has 2 aromatic carbocycles. The van der Waals surface area contributed by atoms with Gasteiger partial charge in [-0.05, 0) is 37.0 Å². The van der Waals surface area contributed by atoms with Crippen LogP contribution in [0.15, 0.2) is 59.6 Å². The first-order chi connectivity index (χ1) is 16.5. The Morgan fingerprint density at radius 3 is 2.71 bits per heavy atom. The number of amides is 1. The number of hydrogen-bond donors (Lipinski definition) is 1. The lowest BCUT2D eigenvalue weighted by Gasteiger charge is -2.24. The van der Waals surface area contributed by atoms with Gasteiger partial charge in [-0.3, -0.25) is 9.48 Å². The number of hydrogen-bond acceptors (Lipinski definition) is 6. The Morgan fingerprint density at radius 2 is 1.88 bits per heavy atom. The highest BCUT2D eigenvalue weighted by Crippen LogP contribution is 2.33. The topological polar surface area (TPSA) is 99.5 Å². The van der Waals surface area contributed by atoms with Gasteiger partial charge in [0.1, 0.15) is 13.2 Å². The average molecular weight is 482 g/mol. The van der Waals surface area contributed by atoms with Crippen LogP contribution in [0.3, 0.4) is 0 Å². The van der Waals surface area contributed by atoms with Crippen LogP contribution in [0.25, 0.3) is 0 Å². The first kappa shape index (κ1) is 22.5. The van der Waals surface area contributed by atoms with Crippen LogP contribution in [0.2, 0.25) is 0 Å². The highest BCUT2D eigenvalue weighted by molar-refractivity contribution is 7.91. The minimum atomic E-state index is -3.63. The fourth-order valence-corrected chi connectivity index (χ4v) is 5.74. The van der Waals surface area contributed by atoms with Crippen molar-refractivity contribution >= 4 is 15.7 Å². The normalized spacial score (nSPS) is 17.1. The van der Waals surface area contributed by atoms with Gasteiger partial charge in [0.05, 0.1) is 29.4 Å². The summed E-state index contributed by atoms with van der Waals surface area (Å²) < 4.78 is 38.5. The summed E-state index contributed by atoms with van der Waals surface area (Å²) >= 11 is 0. The minimum Gasteiger partial charge on any atom is -0.486 e. The van der Waals surface area contributed by atoms with Crippen molar-refractivity contribution in [2.45, 2.75) is 43.2 Å². The highest BCUT2D eigenvalue weighted by Gasteiger charge is 2.27. The molecule has 1 atom stereocenters. The first-order valence-corrected chi connectivity index (χ1v) is 13.1. The minimum absolute atomic E-state index is 0.110. The molecule has 34 heavy (non-hydrogen) atoms. The molecule has 0 fully saturated rings. The fraction of sp³-hybridized carbons (Fsp3) is 0.360. The highest BCUT2D eigenvalue weighted by atomic mass is 32.2. The van der Waals surface area contributed by atoms with Gasteiger partial charge in [0.15, 0.2) is 21.3 Å². The summed E-state index contributed by atoms with van der Waals surface area (Å²) in [5.41, 5.74) is 3.32. The Kier molecular flexibility index (Phi) is 6.28. The fourth-order valence-electron chi connectivity index (χ4n) is 4.49. The summed E-state index contributed by atoms with van der Waals surface area (Å²) in [7, 11) is -3.63. The Labute approximate surface area is 198 Å². The van der Waals surface area contributed by atoms with Gasteiger partial charge in [0.25, 0.3) is 0 Å². The number of rotatable bonds is 7. The van der Waals surface area contributed by atoms with Gasteiger partial charge in [-0.2, -0.15) is 5.10 Å². The summed E-state index contributed by atoms with van der Waals surface area (Å²) in [5, 5.41) is 7.58. The predicted molar refractivity (Wildman–Crippen MR) is 126 cm³/mol. The van der Waals surface area contributed by atoms with Gasteiger partial charge in [0, 0.05) is 23.7 Å². The molecule has 0 bridgehead atoms. The molecule has 1 unspecified atom stereocenters. The Hall–Kier alpha value is -3.33. The van der Waals surface area contributed by atoms with E-state index >= 15 is 0 Å². The molecule has 5 rings (SSSR count). The molecule has 8 nitrogen and oxygen atoms in total. The molecule has 9 heteroatoms. The van der Waals surface area contributed by atoms with E-state index in [-0.39, 0.29) is 29.0 Å². The molecule has 1 aromatic heterocycles. The van der Waals surface area contributed by atoms with E-state index in [2.05, 4.69) is 22.5 Å². The summed E-state index contributed by atoms with van der Waals surface area (Å²) in [5.74, 6) is 0.392. The number of carbonyl (C=O) groups excluding carboxylic acids is 1. The van der Waals surface area contributed by atoms with Crippen molar-refractivity contribution in [3.63, 3.8) is 0 Å². The maximum Gasteiger partial charge on any atom is 0.221 e. The smallest absolute Gasteiger partial charge is 0.221 e. The Balaban J connectivity index is 1.22. The van der Waals surface area contributed by atoms with Crippen LogP contribution in [0.5, 0.6) is 11.5 Å². The molecular weight excluding hydrogens is 454 g/mol. The van der Waals surface area contributed by atoms with E-state index in [1.165, 1.54) is 17.7 Å². The Morgan fingerprint density at radius 1 is 1.09 bits per heavy atom. The van der Waals surface area contributed by atoms with Gasteiger partial charge >= 0.3 is 0 Å². The molecule has 0 radical (unpaired) electrons. The van der Waals surface area contributed by atoms with Gasteiger partial charge in [-0.15, -0.1) is 0 Å². The zero-order chi connectivity index (χ0) is 23.5. The summed E-state index contributed by atoms with van der Waals surface area (Å²) in [6, 6.07) is 14.5. The largest absolute Gasteiger partial charge is 0.486 e. The van der Waals surface area contributed by atoms with Gasteiger partial charge in [-0.25, -0.2) is 8.42 Å². The molecule has 1 aliphatic carbocycles. The second-order valence-corrected chi connectivity index (χ2v) is 10.7. The monoisotopic (exact) mass is 481 g/mol. The number of sulfone groups is 1. The van der Waals surface area contributed by atoms with Gasteiger partial charge in [-0.1, -0.05) is 30.3 Å². The molecule has 0 saturated heterocycles. The van der Waals surface area contributed by atoms with Crippen molar-refractivity contribution in [1.82, 2.24) is 15.1 Å². The SMILES string of the molecule is O=C(CCS(=O)(=O)c1ccc2c(c1)OCCO2)NC1CCCc2c1cnn2Cc1ccccc1. The summed E-state index contributed by atoms with van der Waals surface area (Å²) in [6.07, 6.45) is 4.38. The molecule has 0 saturated carbocycles. The van der Waals surface area contributed by atoms with Crippen LogP contribution >= 0.6 is 0 Å². The van der Waals surface area contributed by atoms with E-state index in [4.69, 9.17) is 9.47 Å². The first-order valence-electron chi connectivity index (χ1n) is 11.5. The number of fused-ring (bicyclic) bond motifs is 2. The van der Waals surface area contributed by atoms with Crippen LogP contribution in [0.1, 0.15) is 42.1 Å². The molecule has 2 heterocycles. The average Bonchev–Trinajstić information content (AvgIpc) is 3.27. The molecule has 0 spiro atoms. The number of carbonyl (C=O) groups is 1. The maximum atomic E-state index is 12.8. The second-order valence-electron chi connectivity index (χ2n) is 8.58. The Bertz CT molecular complexity index is 1290. The van der Waals surface area contributed by atoms with Crippen LogP contribution in [0.4, 0.5) is 0 Å². The second kappa shape index (κ2) is 9.50. The van der Waals surface area contributed by atoms with E-state index in [1.54, 1.807) is 6.07 Å². The molecule has 178 valence electrons. The van der Waals surface area contributed by atoms with Gasteiger partial charge < -0.3 is 14.8 Å². The molecule has 1 amide bonds. The number of nitrogens with one attached hydrogen (secondary N) is 1. The van der Waals surface area contributed by atoms with Crippen molar-refractivity contribution in [3.05, 3.63) is 71.5 Å². The van der Waals surface area contributed by atoms with Crippen molar-refractivity contribution in [1.29, 1.82) is 0 Å². The van der Waals surface area contributed by atoms with E-state index in [1.807, 2.05) is 29.1 Å². The van der Waals surface area contributed by atoms with E-state index in [9.17, 15) is 13.2 Å². The lowest BCUT2D eigenvalue weighted by atomic mass is 9.93. The lowest BCUT2D eigenvalue weighted by molar-refractivity contribution is -0.121.